The first-order chi connectivity index (χ1) is 25.7. The van der Waals surface area contributed by atoms with Crippen LogP contribution < -0.4 is 31.7 Å². The molecule has 0 aliphatic rings. The summed E-state index contributed by atoms with van der Waals surface area (Å²) in [5.41, 5.74) is 11.1. The van der Waals surface area contributed by atoms with Gasteiger partial charge < -0.3 is 36.8 Å². The first-order valence-electron chi connectivity index (χ1n) is 17.6. The first-order valence-corrected chi connectivity index (χ1v) is 18.4. The number of aryl methyl sites for hydroxylation is 1. The number of phenols is 1. The predicted molar refractivity (Wildman–Crippen MR) is 212 cm³/mol. The van der Waals surface area contributed by atoms with Crippen molar-refractivity contribution in [1.82, 2.24) is 15.6 Å². The van der Waals surface area contributed by atoms with Gasteiger partial charge in [-0.1, -0.05) is 49.7 Å². The fourth-order valence-corrected chi connectivity index (χ4v) is 7.03. The molecule has 3 amide bonds. The van der Waals surface area contributed by atoms with Gasteiger partial charge in [-0.2, -0.15) is 0 Å². The number of carbonyl (C=O) groups excluding carboxylic acids is 3. The van der Waals surface area contributed by atoms with E-state index in [1.807, 2.05) is 73.7 Å². The highest BCUT2D eigenvalue weighted by Crippen LogP contribution is 2.37. The van der Waals surface area contributed by atoms with E-state index >= 15 is 0 Å². The van der Waals surface area contributed by atoms with Crippen molar-refractivity contribution in [3.05, 3.63) is 107 Å². The molecule has 0 fully saturated rings. The van der Waals surface area contributed by atoms with E-state index in [-0.39, 0.29) is 23.1 Å². The zero-order valence-corrected chi connectivity index (χ0v) is 31.0. The summed E-state index contributed by atoms with van der Waals surface area (Å²) < 4.78 is 5.37. The Balaban J connectivity index is 1.11. The van der Waals surface area contributed by atoms with E-state index in [9.17, 15) is 19.5 Å². The van der Waals surface area contributed by atoms with Crippen LogP contribution in [0.5, 0.6) is 11.5 Å². The van der Waals surface area contributed by atoms with E-state index < -0.39 is 5.91 Å². The van der Waals surface area contributed by atoms with Crippen LogP contribution in [0.2, 0.25) is 0 Å². The molecule has 1 atom stereocenters. The van der Waals surface area contributed by atoms with Crippen LogP contribution in [0.3, 0.4) is 0 Å². The Morgan fingerprint density at radius 2 is 1.75 bits per heavy atom. The molecule has 7 N–H and O–H groups in total. The van der Waals surface area contributed by atoms with Gasteiger partial charge in [0.1, 0.15) is 11.5 Å². The third-order valence-corrected chi connectivity index (χ3v) is 9.85. The molecule has 0 radical (unpaired) electrons. The Morgan fingerprint density at radius 1 is 0.962 bits per heavy atom. The Hall–Kier alpha value is -5.59. The Kier molecular flexibility index (Phi) is 13.7. The number of nitrogens with two attached hydrogens (primary N) is 1. The maximum Gasteiger partial charge on any atom is 0.252 e. The minimum Gasteiger partial charge on any atom is -0.506 e. The van der Waals surface area contributed by atoms with Crippen molar-refractivity contribution in [2.24, 2.45) is 5.73 Å². The number of hydrogen-bond acceptors (Lipinski definition) is 9. The van der Waals surface area contributed by atoms with Crippen LogP contribution in [0.25, 0.3) is 10.9 Å². The second-order valence-electron chi connectivity index (χ2n) is 12.8. The number of primary amides is 1. The van der Waals surface area contributed by atoms with Gasteiger partial charge in [0.25, 0.3) is 11.8 Å². The van der Waals surface area contributed by atoms with Crippen LogP contribution in [-0.2, 0) is 4.79 Å². The monoisotopic (exact) mass is 734 g/mol. The number of nitrogens with zero attached hydrogens (tertiary/aromatic N) is 1. The predicted octanol–water partition coefficient (Wildman–Crippen LogP) is 7.50. The maximum atomic E-state index is 13.0. The second kappa shape index (κ2) is 18.8. The van der Waals surface area contributed by atoms with Gasteiger partial charge in [-0.05, 0) is 98.0 Å². The number of phenolic OH excluding ortho intramolecular Hbond substituents is 1. The van der Waals surface area contributed by atoms with Gasteiger partial charge in [-0.15, -0.1) is 0 Å². The van der Waals surface area contributed by atoms with Crippen LogP contribution in [-0.4, -0.2) is 55.1 Å². The normalized spacial score (nSPS) is 11.5. The van der Waals surface area contributed by atoms with Gasteiger partial charge in [0.2, 0.25) is 6.41 Å². The molecule has 1 aromatic heterocycles. The van der Waals surface area contributed by atoms with Gasteiger partial charge in [-0.3, -0.25) is 19.4 Å². The zero-order valence-electron chi connectivity index (χ0n) is 30.2. The standard InChI is InChI=1S/C41H46N6O5S/c1-26-18-33(22-34-38(26)45-24-35(40(42)50)39(34)47-30-11-9-12-31(21-30)52-3)53-32-13-8-10-29(19-32)41(51)44-17-7-5-4-6-16-43-23-27(2)28-14-15-37(49)36(20-28)46-25-48/h8-15,18-22,24-25,27,43,49H,4-7,16-17,23H2,1-3H3,(H2,42,50)(H,44,51)(H,45,47)(H,46,48)/t27-/m0/s1. The number of nitrogens with one attached hydrogen (secondary N) is 4. The third kappa shape index (κ3) is 10.5. The number of fused-ring (bicyclic) bond motifs is 1. The number of hydrogen-bond donors (Lipinski definition) is 6. The smallest absolute Gasteiger partial charge is 0.252 e. The number of benzene rings is 4. The maximum absolute atomic E-state index is 13.0. The van der Waals surface area contributed by atoms with Crippen molar-refractivity contribution < 1.29 is 24.2 Å². The fourth-order valence-electron chi connectivity index (χ4n) is 6.02. The molecular weight excluding hydrogens is 689 g/mol. The molecule has 0 spiro atoms. The van der Waals surface area contributed by atoms with Crippen LogP contribution in [0.15, 0.2) is 94.9 Å². The molecule has 11 nitrogen and oxygen atoms in total. The van der Waals surface area contributed by atoms with Crippen LogP contribution >= 0.6 is 11.8 Å². The van der Waals surface area contributed by atoms with Crippen molar-refractivity contribution in [3.63, 3.8) is 0 Å². The average molecular weight is 735 g/mol. The Bertz CT molecular complexity index is 2070. The number of aromatic hydroxyl groups is 1. The van der Waals surface area contributed by atoms with E-state index in [0.29, 0.717) is 35.6 Å². The lowest BCUT2D eigenvalue weighted by Crippen LogP contribution is -2.24. The highest BCUT2D eigenvalue weighted by atomic mass is 32.2. The SMILES string of the molecule is COc1cccc(Nc2c(C(N)=O)cnc3c(C)cc(Sc4cccc(C(=O)NCCCCCCNC[C@H](C)c5ccc(O)c(NC=O)c5)c4)cc23)c1. The van der Waals surface area contributed by atoms with Crippen LogP contribution in [0.4, 0.5) is 17.1 Å². The van der Waals surface area contributed by atoms with Gasteiger partial charge in [0.05, 0.1) is 29.6 Å². The number of ether oxygens (including phenoxy) is 1. The lowest BCUT2D eigenvalue weighted by atomic mass is 10.00. The largest absolute Gasteiger partial charge is 0.506 e. The zero-order chi connectivity index (χ0) is 37.7. The summed E-state index contributed by atoms with van der Waals surface area (Å²) in [6.45, 7) is 6.35. The molecule has 0 aliphatic carbocycles. The molecule has 0 saturated carbocycles. The number of methoxy groups -OCH3 is 1. The minimum absolute atomic E-state index is 0.0485. The van der Waals surface area contributed by atoms with E-state index in [4.69, 9.17) is 10.5 Å². The molecule has 4 aromatic carbocycles. The molecule has 276 valence electrons. The summed E-state index contributed by atoms with van der Waals surface area (Å²) in [5.74, 6) is 0.247. The van der Waals surface area contributed by atoms with Crippen molar-refractivity contribution in [1.29, 1.82) is 0 Å². The van der Waals surface area contributed by atoms with Crippen molar-refractivity contribution in [3.8, 4) is 11.5 Å². The number of amides is 3. The summed E-state index contributed by atoms with van der Waals surface area (Å²) in [6, 6.07) is 24.3. The molecule has 0 bridgehead atoms. The number of unbranched alkanes of at least 4 members (excludes halogenated alkanes) is 3. The summed E-state index contributed by atoms with van der Waals surface area (Å²) >= 11 is 1.53. The van der Waals surface area contributed by atoms with Gasteiger partial charge in [-0.25, -0.2) is 0 Å². The quantitative estimate of drug-likeness (QED) is 0.0286. The van der Waals surface area contributed by atoms with Crippen LogP contribution in [0.1, 0.15) is 70.4 Å². The molecule has 12 heteroatoms. The number of pyridine rings is 1. The molecule has 5 aromatic rings. The van der Waals surface area contributed by atoms with Crippen molar-refractivity contribution in [2.75, 3.05) is 37.4 Å². The molecule has 0 unspecified atom stereocenters. The summed E-state index contributed by atoms with van der Waals surface area (Å²) in [5, 5.41) is 23.0. The van der Waals surface area contributed by atoms with Crippen molar-refractivity contribution in [2.45, 2.75) is 55.2 Å². The van der Waals surface area contributed by atoms with Crippen LogP contribution in [0, 0.1) is 6.92 Å². The molecule has 5 rings (SSSR count). The minimum atomic E-state index is -0.588. The highest BCUT2D eigenvalue weighted by Gasteiger charge is 2.17. The molecular formula is C41H46N6O5S. The lowest BCUT2D eigenvalue weighted by Gasteiger charge is -2.16. The van der Waals surface area contributed by atoms with Gasteiger partial charge in [0.15, 0.2) is 0 Å². The second-order valence-corrected chi connectivity index (χ2v) is 14.0. The number of rotatable bonds is 19. The molecule has 53 heavy (non-hydrogen) atoms. The van der Waals surface area contributed by atoms with Crippen molar-refractivity contribution >= 4 is 58.0 Å². The number of carbonyl (C=O) groups is 3. The highest BCUT2D eigenvalue weighted by molar-refractivity contribution is 7.99. The Morgan fingerprint density at radius 3 is 2.53 bits per heavy atom. The first kappa shape index (κ1) is 38.6. The van der Waals surface area contributed by atoms with E-state index in [1.165, 1.54) is 18.0 Å². The molecule has 0 saturated heterocycles. The molecule has 0 aliphatic heterocycles. The topological polar surface area (TPSA) is 168 Å². The van der Waals surface area contributed by atoms with Gasteiger partial charge in [0, 0.05) is 51.8 Å². The average Bonchev–Trinajstić information content (AvgIpc) is 3.15. The lowest BCUT2D eigenvalue weighted by molar-refractivity contribution is -0.105. The Labute approximate surface area is 314 Å². The summed E-state index contributed by atoms with van der Waals surface area (Å²) in [6.07, 6.45) is 6.03. The molecule has 1 heterocycles. The fraction of sp³-hybridized carbons (Fsp3) is 0.268. The summed E-state index contributed by atoms with van der Waals surface area (Å²) in [4.78, 5) is 42.6. The summed E-state index contributed by atoms with van der Waals surface area (Å²) in [7, 11) is 1.60. The third-order valence-electron chi connectivity index (χ3n) is 8.89. The van der Waals surface area contributed by atoms with E-state index in [0.717, 1.165) is 76.3 Å². The number of anilines is 3. The van der Waals surface area contributed by atoms with E-state index in [2.05, 4.69) is 33.2 Å². The number of aromatic nitrogens is 1. The van der Waals surface area contributed by atoms with E-state index in [1.54, 1.807) is 19.2 Å². The van der Waals surface area contributed by atoms with Gasteiger partial charge >= 0.3 is 0 Å².